The number of rotatable bonds is 10. The van der Waals surface area contributed by atoms with Crippen LogP contribution in [0.25, 0.3) is 0 Å². The van der Waals surface area contributed by atoms with Gasteiger partial charge in [-0.3, -0.25) is 19.7 Å². The molecule has 1 fully saturated rings. The second kappa shape index (κ2) is 13.7. The van der Waals surface area contributed by atoms with Crippen molar-refractivity contribution in [3.63, 3.8) is 0 Å². The molecule has 1 saturated carbocycles. The average Bonchev–Trinajstić information content (AvgIpc) is 3.02. The number of aliphatic imine (C=N–C) groups is 1. The van der Waals surface area contributed by atoms with Crippen LogP contribution >= 0.6 is 0 Å². The van der Waals surface area contributed by atoms with Gasteiger partial charge in [-0.2, -0.15) is 0 Å². The first-order chi connectivity index (χ1) is 15.9. The van der Waals surface area contributed by atoms with Crippen LogP contribution in [0.15, 0.2) is 4.99 Å². The van der Waals surface area contributed by atoms with Crippen LogP contribution in [-0.2, 0) is 28.6 Å². The number of nitrogens with zero attached hydrogens (tertiary/aromatic N) is 1. The first-order valence-corrected chi connectivity index (χ1v) is 11.5. The fourth-order valence-corrected chi connectivity index (χ4v) is 4.44. The third-order valence-corrected chi connectivity index (χ3v) is 5.82. The highest BCUT2D eigenvalue weighted by Gasteiger charge is 2.51. The molecule has 0 aromatic carbocycles. The molecule has 0 saturated heterocycles. The number of aliphatic hydroxyl groups is 1. The maximum Gasteiger partial charge on any atom is 0.417 e. The SMILES string of the molecule is CCOC(=O)[C@H]1C[C@@H](N=C(N)NC(=O)OC(C)OC(C)=O)[C@H](C(NC(C)=O)C(CC)CC)[C@@H]1O. The monoisotopic (exact) mass is 486 g/mol. The standard InChI is InChI=1S/C22H38N4O8/c1-7-14(8-2)18(24-11(4)27)17-16(10-15(19(17)29)20(30)32-9-3)25-21(23)26-22(31)34-13(6)33-12(5)28/h13-19,29H,7-10H2,1-6H3,(H,24,27)(H3,23,25,26,31)/t13?,15-,16+,17+,18?,19+/m0/s1. The third-order valence-electron chi connectivity index (χ3n) is 5.82. The molecular formula is C22H38N4O8. The summed E-state index contributed by atoms with van der Waals surface area (Å²) in [5.74, 6) is -3.29. The minimum absolute atomic E-state index is 0.00548. The van der Waals surface area contributed by atoms with Gasteiger partial charge in [-0.1, -0.05) is 26.7 Å². The highest BCUT2D eigenvalue weighted by atomic mass is 16.7. The highest BCUT2D eigenvalue weighted by Crippen LogP contribution is 2.40. The molecule has 0 aromatic rings. The summed E-state index contributed by atoms with van der Waals surface area (Å²) in [6, 6.07) is -1.19. The fourth-order valence-electron chi connectivity index (χ4n) is 4.44. The van der Waals surface area contributed by atoms with E-state index in [9.17, 15) is 24.3 Å². The quantitative estimate of drug-likeness (QED) is 0.150. The lowest BCUT2D eigenvalue weighted by molar-refractivity contribution is -0.162. The molecule has 12 nitrogen and oxygen atoms in total. The van der Waals surface area contributed by atoms with Gasteiger partial charge >= 0.3 is 18.0 Å². The molecule has 1 aliphatic carbocycles. The second-order valence-corrected chi connectivity index (χ2v) is 8.25. The van der Waals surface area contributed by atoms with Crippen LogP contribution in [0.2, 0.25) is 0 Å². The van der Waals surface area contributed by atoms with Crippen molar-refractivity contribution in [2.45, 2.75) is 85.3 Å². The number of nitrogens with one attached hydrogen (secondary N) is 2. The molecule has 1 aliphatic rings. The normalized spacial score (nSPS) is 24.2. The minimum Gasteiger partial charge on any atom is -0.466 e. The van der Waals surface area contributed by atoms with Gasteiger partial charge in [0.1, 0.15) is 0 Å². The van der Waals surface area contributed by atoms with E-state index in [4.69, 9.17) is 19.9 Å². The molecule has 1 rings (SSSR count). The van der Waals surface area contributed by atoms with Crippen LogP contribution in [0.1, 0.15) is 60.8 Å². The Morgan fingerprint density at radius 1 is 1.12 bits per heavy atom. The third kappa shape index (κ3) is 8.47. The van der Waals surface area contributed by atoms with Crippen molar-refractivity contribution in [2.24, 2.45) is 28.5 Å². The molecular weight excluding hydrogens is 448 g/mol. The van der Waals surface area contributed by atoms with Crippen LogP contribution in [0.3, 0.4) is 0 Å². The van der Waals surface area contributed by atoms with Crippen molar-refractivity contribution in [3.8, 4) is 0 Å². The summed E-state index contributed by atoms with van der Waals surface area (Å²) in [5, 5.41) is 16.3. The van der Waals surface area contributed by atoms with E-state index < -0.39 is 54.3 Å². The number of aliphatic hydroxyl groups excluding tert-OH is 1. The number of nitrogens with two attached hydrogens (primary N) is 1. The number of hydrogen-bond donors (Lipinski definition) is 4. The van der Waals surface area contributed by atoms with E-state index in [0.29, 0.717) is 0 Å². The van der Waals surface area contributed by atoms with Gasteiger partial charge in [0.2, 0.25) is 12.2 Å². The zero-order valence-corrected chi connectivity index (χ0v) is 20.7. The van der Waals surface area contributed by atoms with Crippen LogP contribution in [-0.4, -0.2) is 66.1 Å². The molecule has 2 unspecified atom stereocenters. The Labute approximate surface area is 200 Å². The molecule has 34 heavy (non-hydrogen) atoms. The van der Waals surface area contributed by atoms with E-state index in [2.05, 4.69) is 15.6 Å². The van der Waals surface area contributed by atoms with Gasteiger partial charge in [-0.15, -0.1) is 0 Å². The van der Waals surface area contributed by atoms with Crippen molar-refractivity contribution in [1.29, 1.82) is 0 Å². The minimum atomic E-state index is -1.14. The van der Waals surface area contributed by atoms with Gasteiger partial charge in [0.25, 0.3) is 0 Å². The number of ether oxygens (including phenoxy) is 3. The maximum atomic E-state index is 12.5. The van der Waals surface area contributed by atoms with Crippen molar-refractivity contribution in [3.05, 3.63) is 0 Å². The van der Waals surface area contributed by atoms with Gasteiger partial charge in [-0.05, 0) is 19.3 Å². The topological polar surface area (TPSA) is 179 Å². The van der Waals surface area contributed by atoms with Gasteiger partial charge < -0.3 is 30.4 Å². The molecule has 0 bridgehead atoms. The molecule has 0 heterocycles. The smallest absolute Gasteiger partial charge is 0.417 e. The number of guanidine groups is 1. The summed E-state index contributed by atoms with van der Waals surface area (Å²) in [6.45, 7) is 9.68. The molecule has 0 aromatic heterocycles. The van der Waals surface area contributed by atoms with E-state index in [-0.39, 0.29) is 30.8 Å². The highest BCUT2D eigenvalue weighted by molar-refractivity contribution is 5.93. The van der Waals surface area contributed by atoms with Crippen molar-refractivity contribution in [2.75, 3.05) is 6.61 Å². The number of alkyl carbamates (subject to hydrolysis) is 1. The summed E-state index contributed by atoms with van der Waals surface area (Å²) in [6.07, 6.45) is -1.72. The summed E-state index contributed by atoms with van der Waals surface area (Å²) < 4.78 is 14.7. The van der Waals surface area contributed by atoms with E-state index in [1.807, 2.05) is 13.8 Å². The summed E-state index contributed by atoms with van der Waals surface area (Å²) in [7, 11) is 0. The van der Waals surface area contributed by atoms with Crippen molar-refractivity contribution in [1.82, 2.24) is 10.6 Å². The molecule has 6 atom stereocenters. The Balaban J connectivity index is 3.20. The summed E-state index contributed by atoms with van der Waals surface area (Å²) in [5.41, 5.74) is 5.91. The Morgan fingerprint density at radius 2 is 1.74 bits per heavy atom. The lowest BCUT2D eigenvalue weighted by Gasteiger charge is -2.35. The van der Waals surface area contributed by atoms with E-state index in [1.54, 1.807) is 6.92 Å². The molecule has 5 N–H and O–H groups in total. The number of carbonyl (C=O) groups excluding carboxylic acids is 4. The van der Waals surface area contributed by atoms with E-state index in [1.165, 1.54) is 20.8 Å². The zero-order valence-electron chi connectivity index (χ0n) is 20.7. The Kier molecular flexibility index (Phi) is 11.8. The van der Waals surface area contributed by atoms with Crippen molar-refractivity contribution >= 4 is 29.9 Å². The first-order valence-electron chi connectivity index (χ1n) is 11.5. The number of hydrogen-bond acceptors (Lipinski definition) is 9. The molecule has 0 radical (unpaired) electrons. The predicted molar refractivity (Wildman–Crippen MR) is 122 cm³/mol. The largest absolute Gasteiger partial charge is 0.466 e. The Hall–Kier alpha value is -2.89. The molecule has 194 valence electrons. The lowest BCUT2D eigenvalue weighted by atomic mass is 9.80. The molecule has 0 aliphatic heterocycles. The Morgan fingerprint density at radius 3 is 2.24 bits per heavy atom. The van der Waals surface area contributed by atoms with E-state index in [0.717, 1.165) is 12.8 Å². The number of carbonyl (C=O) groups is 4. The van der Waals surface area contributed by atoms with Crippen LogP contribution in [0.5, 0.6) is 0 Å². The second-order valence-electron chi connectivity index (χ2n) is 8.25. The van der Waals surface area contributed by atoms with Crippen LogP contribution in [0.4, 0.5) is 4.79 Å². The molecule has 0 spiro atoms. The predicted octanol–water partition coefficient (Wildman–Crippen LogP) is 0.806. The van der Waals surface area contributed by atoms with Crippen LogP contribution in [0, 0.1) is 17.8 Å². The first kappa shape index (κ1) is 29.1. The van der Waals surface area contributed by atoms with Crippen molar-refractivity contribution < 1.29 is 38.5 Å². The fraction of sp³-hybridized carbons (Fsp3) is 0.773. The van der Waals surface area contributed by atoms with Crippen LogP contribution < -0.4 is 16.4 Å². The number of esters is 2. The molecule has 12 heteroatoms. The van der Waals surface area contributed by atoms with E-state index >= 15 is 0 Å². The maximum absolute atomic E-state index is 12.5. The van der Waals surface area contributed by atoms with Gasteiger partial charge in [0.05, 0.1) is 24.7 Å². The van der Waals surface area contributed by atoms with Gasteiger partial charge in [-0.25, -0.2) is 9.79 Å². The molecule has 2 amide bonds. The van der Waals surface area contributed by atoms with Gasteiger partial charge in [0, 0.05) is 32.7 Å². The summed E-state index contributed by atoms with van der Waals surface area (Å²) in [4.78, 5) is 51.8. The lowest BCUT2D eigenvalue weighted by Crippen LogP contribution is -2.51. The Bertz CT molecular complexity index is 755. The number of amides is 2. The van der Waals surface area contributed by atoms with Gasteiger partial charge in [0.15, 0.2) is 5.96 Å². The summed E-state index contributed by atoms with van der Waals surface area (Å²) >= 11 is 0. The zero-order chi connectivity index (χ0) is 26.0. The average molecular weight is 487 g/mol.